The summed E-state index contributed by atoms with van der Waals surface area (Å²) in [5.41, 5.74) is -0.205. The highest BCUT2D eigenvalue weighted by molar-refractivity contribution is 6.30. The van der Waals surface area contributed by atoms with Crippen molar-refractivity contribution < 1.29 is 17.9 Å². The lowest BCUT2D eigenvalue weighted by Crippen LogP contribution is -2.08. The van der Waals surface area contributed by atoms with Crippen LogP contribution in [0.2, 0.25) is 5.15 Å². The highest BCUT2D eigenvalue weighted by Gasteiger charge is 2.34. The minimum absolute atomic E-state index is 0.150. The summed E-state index contributed by atoms with van der Waals surface area (Å²) in [7, 11) is 1.49. The predicted octanol–water partition coefficient (Wildman–Crippen LogP) is 4.98. The average molecular weight is 339 g/mol. The van der Waals surface area contributed by atoms with E-state index in [9.17, 15) is 13.2 Å². The molecule has 0 aliphatic heterocycles. The van der Waals surface area contributed by atoms with Gasteiger partial charge in [0, 0.05) is 23.2 Å². The summed E-state index contributed by atoms with van der Waals surface area (Å²) >= 11 is 5.92. The van der Waals surface area contributed by atoms with Crippen molar-refractivity contribution in [2.45, 2.75) is 6.18 Å². The Labute approximate surface area is 134 Å². The minimum atomic E-state index is -4.49. The van der Waals surface area contributed by atoms with Gasteiger partial charge in [-0.2, -0.15) is 13.2 Å². The number of nitrogens with zero attached hydrogens (tertiary/aromatic N) is 2. The van der Waals surface area contributed by atoms with E-state index < -0.39 is 11.7 Å². The molecule has 0 fully saturated rings. The Hall–Kier alpha value is -2.34. The highest BCUT2D eigenvalue weighted by atomic mass is 35.5. The summed E-state index contributed by atoms with van der Waals surface area (Å²) in [4.78, 5) is 8.01. The minimum Gasteiger partial charge on any atom is -0.496 e. The van der Waals surface area contributed by atoms with Gasteiger partial charge in [0.15, 0.2) is 0 Å². The Kier molecular flexibility index (Phi) is 3.85. The standard InChI is InChI=1S/C16H10ClF3N2O/c1-23-13-8-14(17)22-12-7-9(4-5-10(12)13)15-11(16(18,19)20)3-2-6-21-15/h2-8H,1H3. The molecule has 23 heavy (non-hydrogen) atoms. The number of hydrogen-bond acceptors (Lipinski definition) is 3. The van der Waals surface area contributed by atoms with Crippen LogP contribution in [0.15, 0.2) is 42.6 Å². The van der Waals surface area contributed by atoms with E-state index in [0.29, 0.717) is 22.2 Å². The molecule has 3 aromatic rings. The molecule has 0 saturated carbocycles. The van der Waals surface area contributed by atoms with Gasteiger partial charge in [0.05, 0.1) is 23.9 Å². The fraction of sp³-hybridized carbons (Fsp3) is 0.125. The molecule has 1 aromatic carbocycles. The molecule has 0 bridgehead atoms. The van der Waals surface area contributed by atoms with Crippen molar-refractivity contribution in [1.29, 1.82) is 0 Å². The maximum Gasteiger partial charge on any atom is 0.418 e. The Balaban J connectivity index is 2.23. The van der Waals surface area contributed by atoms with E-state index in [2.05, 4.69) is 9.97 Å². The molecule has 7 heteroatoms. The smallest absolute Gasteiger partial charge is 0.418 e. The fourth-order valence-corrected chi connectivity index (χ4v) is 2.54. The van der Waals surface area contributed by atoms with E-state index in [1.807, 2.05) is 0 Å². The molecule has 3 rings (SSSR count). The highest BCUT2D eigenvalue weighted by Crippen LogP contribution is 2.37. The Bertz CT molecular complexity index is 881. The summed E-state index contributed by atoms with van der Waals surface area (Å²) in [6.07, 6.45) is -3.17. The zero-order valence-electron chi connectivity index (χ0n) is 11.9. The van der Waals surface area contributed by atoms with Gasteiger partial charge in [-0.05, 0) is 24.3 Å². The summed E-state index contributed by atoms with van der Waals surface area (Å²) in [5.74, 6) is 0.503. The molecule has 0 radical (unpaired) electrons. The van der Waals surface area contributed by atoms with Crippen molar-refractivity contribution in [2.75, 3.05) is 7.11 Å². The van der Waals surface area contributed by atoms with E-state index in [1.165, 1.54) is 25.4 Å². The molecular formula is C16H10ClF3N2O. The summed E-state index contributed by atoms with van der Waals surface area (Å²) in [5, 5.41) is 0.855. The van der Waals surface area contributed by atoms with Crippen molar-refractivity contribution >= 4 is 22.5 Å². The number of halogens is 4. The third-order valence-corrected chi connectivity index (χ3v) is 3.54. The Morgan fingerprint density at radius 2 is 1.91 bits per heavy atom. The van der Waals surface area contributed by atoms with Gasteiger partial charge in [-0.15, -0.1) is 0 Å². The number of hydrogen-bond donors (Lipinski definition) is 0. The van der Waals surface area contributed by atoms with Crippen LogP contribution in [0.3, 0.4) is 0 Å². The van der Waals surface area contributed by atoms with Gasteiger partial charge in [-0.3, -0.25) is 4.98 Å². The van der Waals surface area contributed by atoms with Gasteiger partial charge in [-0.25, -0.2) is 4.98 Å². The molecule has 2 heterocycles. The van der Waals surface area contributed by atoms with Crippen LogP contribution >= 0.6 is 11.6 Å². The number of alkyl halides is 3. The Morgan fingerprint density at radius 3 is 2.61 bits per heavy atom. The van der Waals surface area contributed by atoms with Crippen LogP contribution in [0.25, 0.3) is 22.2 Å². The van der Waals surface area contributed by atoms with E-state index >= 15 is 0 Å². The second kappa shape index (κ2) is 5.70. The normalized spacial score (nSPS) is 11.7. The summed E-state index contributed by atoms with van der Waals surface area (Å²) in [6, 6.07) is 8.51. The van der Waals surface area contributed by atoms with Crippen molar-refractivity contribution in [1.82, 2.24) is 9.97 Å². The first-order valence-corrected chi connectivity index (χ1v) is 6.95. The molecule has 0 unspecified atom stereocenters. The largest absolute Gasteiger partial charge is 0.496 e. The number of rotatable bonds is 2. The zero-order chi connectivity index (χ0) is 16.6. The van der Waals surface area contributed by atoms with Crippen LogP contribution in [-0.2, 0) is 6.18 Å². The molecule has 3 nitrogen and oxygen atoms in total. The van der Waals surface area contributed by atoms with Crippen LogP contribution in [0, 0.1) is 0 Å². The SMILES string of the molecule is COc1cc(Cl)nc2cc(-c3ncccc3C(F)(F)F)ccc12. The van der Waals surface area contributed by atoms with Gasteiger partial charge in [0.25, 0.3) is 0 Å². The lowest BCUT2D eigenvalue weighted by Gasteiger charge is -2.12. The summed E-state index contributed by atoms with van der Waals surface area (Å²) < 4.78 is 44.6. The number of ether oxygens (including phenoxy) is 1. The third kappa shape index (κ3) is 2.94. The van der Waals surface area contributed by atoms with E-state index in [-0.39, 0.29) is 10.8 Å². The van der Waals surface area contributed by atoms with Crippen molar-refractivity contribution in [3.05, 3.63) is 53.3 Å². The zero-order valence-corrected chi connectivity index (χ0v) is 12.6. The van der Waals surface area contributed by atoms with Crippen molar-refractivity contribution in [3.8, 4) is 17.0 Å². The van der Waals surface area contributed by atoms with Crippen LogP contribution in [-0.4, -0.2) is 17.1 Å². The lowest BCUT2D eigenvalue weighted by molar-refractivity contribution is -0.137. The average Bonchev–Trinajstić information content (AvgIpc) is 2.52. The molecule has 0 atom stereocenters. The maximum atomic E-state index is 13.1. The van der Waals surface area contributed by atoms with Gasteiger partial charge in [0.2, 0.25) is 0 Å². The first-order valence-electron chi connectivity index (χ1n) is 6.57. The van der Waals surface area contributed by atoms with Crippen LogP contribution in [0.5, 0.6) is 5.75 Å². The second-order valence-corrected chi connectivity index (χ2v) is 5.16. The number of fused-ring (bicyclic) bond motifs is 1. The molecule has 0 N–H and O–H groups in total. The number of benzene rings is 1. The van der Waals surface area contributed by atoms with E-state index in [1.54, 1.807) is 18.2 Å². The van der Waals surface area contributed by atoms with Crippen molar-refractivity contribution in [3.63, 3.8) is 0 Å². The van der Waals surface area contributed by atoms with Crippen molar-refractivity contribution in [2.24, 2.45) is 0 Å². The molecular weight excluding hydrogens is 329 g/mol. The molecule has 118 valence electrons. The molecule has 0 aliphatic carbocycles. The van der Waals surface area contributed by atoms with E-state index in [0.717, 1.165) is 6.07 Å². The fourth-order valence-electron chi connectivity index (χ4n) is 2.35. The number of pyridine rings is 2. The summed E-state index contributed by atoms with van der Waals surface area (Å²) in [6.45, 7) is 0. The first kappa shape index (κ1) is 15.6. The number of methoxy groups -OCH3 is 1. The van der Waals surface area contributed by atoms with Gasteiger partial charge < -0.3 is 4.74 Å². The van der Waals surface area contributed by atoms with Crippen LogP contribution in [0.4, 0.5) is 13.2 Å². The Morgan fingerprint density at radius 1 is 1.13 bits per heavy atom. The molecule has 0 aliphatic rings. The van der Waals surface area contributed by atoms with Gasteiger partial charge in [0.1, 0.15) is 10.9 Å². The number of aromatic nitrogens is 2. The van der Waals surface area contributed by atoms with E-state index in [4.69, 9.17) is 16.3 Å². The van der Waals surface area contributed by atoms with Gasteiger partial charge in [-0.1, -0.05) is 17.7 Å². The predicted molar refractivity (Wildman–Crippen MR) is 81.5 cm³/mol. The monoisotopic (exact) mass is 338 g/mol. The maximum absolute atomic E-state index is 13.1. The second-order valence-electron chi connectivity index (χ2n) is 4.78. The first-order chi connectivity index (χ1) is 10.9. The van der Waals surface area contributed by atoms with Gasteiger partial charge >= 0.3 is 6.18 Å². The van der Waals surface area contributed by atoms with Crippen LogP contribution < -0.4 is 4.74 Å². The molecule has 0 saturated heterocycles. The molecule has 0 spiro atoms. The van der Waals surface area contributed by atoms with Crippen LogP contribution in [0.1, 0.15) is 5.56 Å². The lowest BCUT2D eigenvalue weighted by atomic mass is 10.0. The molecule has 0 amide bonds. The topological polar surface area (TPSA) is 35.0 Å². The molecule has 2 aromatic heterocycles. The quantitative estimate of drug-likeness (QED) is 0.618. The third-order valence-electron chi connectivity index (χ3n) is 3.35.